The third kappa shape index (κ3) is 8.54. The lowest BCUT2D eigenvalue weighted by Gasteiger charge is -2.31. The number of benzene rings is 2. The van der Waals surface area contributed by atoms with E-state index in [1.54, 1.807) is 22.7 Å². The lowest BCUT2D eigenvalue weighted by Crippen LogP contribution is -2.54. The van der Waals surface area contributed by atoms with Crippen molar-refractivity contribution < 1.29 is 28.7 Å². The average Bonchev–Trinajstić information content (AvgIpc) is 4.14. The van der Waals surface area contributed by atoms with Gasteiger partial charge in [0.2, 0.25) is 11.8 Å². The van der Waals surface area contributed by atoms with Crippen LogP contribution < -0.4 is 16.0 Å². The number of alkyl carbamates (subject to hydrolysis) is 2. The zero-order valence-electron chi connectivity index (χ0n) is 35.9. The topological polar surface area (TPSA) is 170 Å². The number of H-pyrrole nitrogens is 1. The van der Waals surface area contributed by atoms with Crippen molar-refractivity contribution in [3.63, 3.8) is 0 Å². The molecule has 16 heteroatoms. The number of amidine groups is 1. The van der Waals surface area contributed by atoms with E-state index in [1.165, 1.54) is 34.7 Å². The molecule has 6 heterocycles. The molecule has 3 aromatic heterocycles. The molecule has 3 unspecified atom stereocenters. The van der Waals surface area contributed by atoms with Crippen molar-refractivity contribution in [1.82, 2.24) is 35.9 Å². The molecule has 0 saturated carbocycles. The van der Waals surface area contributed by atoms with Crippen molar-refractivity contribution in [1.29, 1.82) is 0 Å². The van der Waals surface area contributed by atoms with E-state index >= 15 is 0 Å². The van der Waals surface area contributed by atoms with Gasteiger partial charge in [-0.15, -0.1) is 22.7 Å². The molecule has 0 aliphatic carbocycles. The molecule has 14 nitrogen and oxygen atoms in total. The fraction of sp³-hybridized carbons (Fsp3) is 0.435. The molecule has 326 valence electrons. The number of methoxy groups -OCH3 is 2. The van der Waals surface area contributed by atoms with Crippen LogP contribution in [0.5, 0.6) is 0 Å². The number of aromatic amines is 1. The number of rotatable bonds is 12. The average molecular weight is 879 g/mol. The van der Waals surface area contributed by atoms with Crippen molar-refractivity contribution in [3.05, 3.63) is 76.6 Å². The van der Waals surface area contributed by atoms with E-state index < -0.39 is 24.3 Å². The number of hydrogen-bond acceptors (Lipinski definition) is 11. The minimum atomic E-state index is -0.676. The zero-order valence-corrected chi connectivity index (χ0v) is 37.5. The molecule has 0 bridgehead atoms. The second kappa shape index (κ2) is 18.3. The molecule has 5 aromatic rings. The number of amides is 4. The Hall–Kier alpha value is -5.74. The van der Waals surface area contributed by atoms with Gasteiger partial charge in [0.05, 0.1) is 59.7 Å². The highest BCUT2D eigenvalue weighted by molar-refractivity contribution is 7.27. The van der Waals surface area contributed by atoms with Crippen LogP contribution in [0, 0.1) is 11.8 Å². The molecule has 2 fully saturated rings. The molecule has 2 aromatic carbocycles. The van der Waals surface area contributed by atoms with Crippen molar-refractivity contribution in [2.24, 2.45) is 16.8 Å². The summed E-state index contributed by atoms with van der Waals surface area (Å²) in [6, 6.07) is 17.6. The highest BCUT2D eigenvalue weighted by Crippen LogP contribution is 2.44. The number of aliphatic imine (C=N–C) groups is 1. The van der Waals surface area contributed by atoms with Gasteiger partial charge in [0.25, 0.3) is 0 Å². The summed E-state index contributed by atoms with van der Waals surface area (Å²) >= 11 is 3.51. The summed E-state index contributed by atoms with van der Waals surface area (Å²) in [4.78, 5) is 59.8. The summed E-state index contributed by atoms with van der Waals surface area (Å²) in [5.74, 6) is 0.414. The largest absolute Gasteiger partial charge is 0.453 e. The van der Waals surface area contributed by atoms with Crippen molar-refractivity contribution in [2.75, 3.05) is 33.9 Å². The summed E-state index contributed by atoms with van der Waals surface area (Å²) in [6.07, 6.45) is 2.15. The predicted molar refractivity (Wildman–Crippen MR) is 243 cm³/mol. The van der Waals surface area contributed by atoms with Crippen LogP contribution >= 0.6 is 22.7 Å². The van der Waals surface area contributed by atoms with E-state index in [1.807, 2.05) is 43.6 Å². The smallest absolute Gasteiger partial charge is 0.407 e. The number of fused-ring (bicyclic) bond motifs is 1. The highest BCUT2D eigenvalue weighted by atomic mass is 32.1. The number of aromatic nitrogens is 2. The van der Waals surface area contributed by atoms with Gasteiger partial charge in [-0.25, -0.2) is 9.59 Å². The Morgan fingerprint density at radius 1 is 0.726 bits per heavy atom. The number of carbonyl (C=O) groups is 4. The quantitative estimate of drug-likeness (QED) is 0.0974. The maximum absolute atomic E-state index is 13.6. The second-order valence-electron chi connectivity index (χ2n) is 16.9. The van der Waals surface area contributed by atoms with Gasteiger partial charge >= 0.3 is 12.2 Å². The summed E-state index contributed by atoms with van der Waals surface area (Å²) in [5.41, 5.74) is 8.52. The van der Waals surface area contributed by atoms with E-state index in [4.69, 9.17) is 14.5 Å². The summed E-state index contributed by atoms with van der Waals surface area (Å²) in [5, 5.41) is 21.4. The number of hydrogen-bond donors (Lipinski definition) is 4. The summed E-state index contributed by atoms with van der Waals surface area (Å²) < 4.78 is 12.1. The molecule has 0 spiro atoms. The Kier molecular flexibility index (Phi) is 12.7. The Morgan fingerprint density at radius 3 is 1.76 bits per heavy atom. The third-order valence-electron chi connectivity index (χ3n) is 12.3. The van der Waals surface area contributed by atoms with Crippen molar-refractivity contribution in [3.8, 4) is 33.5 Å². The Bertz CT molecular complexity index is 2460. The van der Waals surface area contributed by atoms with E-state index in [0.717, 1.165) is 65.2 Å². The molecule has 5 atom stereocenters. The van der Waals surface area contributed by atoms with Gasteiger partial charge in [0, 0.05) is 40.5 Å². The van der Waals surface area contributed by atoms with E-state index in [0.29, 0.717) is 19.6 Å². The molecule has 4 amide bonds. The van der Waals surface area contributed by atoms with Crippen LogP contribution in [0.1, 0.15) is 76.7 Å². The minimum absolute atomic E-state index is 0.0125. The molecule has 8 rings (SSSR count). The molecular weight excluding hydrogens is 825 g/mol. The van der Waals surface area contributed by atoms with Gasteiger partial charge in [-0.05, 0) is 60.3 Å². The van der Waals surface area contributed by atoms with Gasteiger partial charge in [-0.2, -0.15) is 5.10 Å². The van der Waals surface area contributed by atoms with Gasteiger partial charge < -0.3 is 35.2 Å². The Labute approximate surface area is 369 Å². The normalized spacial score (nSPS) is 19.7. The van der Waals surface area contributed by atoms with Crippen LogP contribution in [0.15, 0.2) is 70.3 Å². The maximum atomic E-state index is 13.6. The molecule has 2 saturated heterocycles. The molecular formula is C46H54N8O6S2. The first kappa shape index (κ1) is 42.9. The minimum Gasteiger partial charge on any atom is -0.453 e. The molecule has 3 aliphatic heterocycles. The lowest BCUT2D eigenvalue weighted by molar-refractivity contribution is -0.135. The SMILES string of the molecule is COC(=O)N[C@H](C(=O)N1CCCC1C1=NCC(c2ccc(-c3csc4c(-c5ccc(-c6cc(C7CCCN7C(=O)[C@@H](NC(=O)OC)C(C)C)[nH]n6)cc5)csc34)cc2)N1)C(C)C. The predicted octanol–water partition coefficient (Wildman–Crippen LogP) is 8.15. The number of nitrogens with one attached hydrogen (secondary N) is 4. The highest BCUT2D eigenvalue weighted by Gasteiger charge is 2.40. The van der Waals surface area contributed by atoms with Crippen LogP contribution in [-0.4, -0.2) is 102 Å². The van der Waals surface area contributed by atoms with Gasteiger partial charge in [-0.3, -0.25) is 19.7 Å². The molecule has 4 N–H and O–H groups in total. The number of ether oxygens (including phenoxy) is 2. The van der Waals surface area contributed by atoms with Crippen molar-refractivity contribution in [2.45, 2.75) is 83.6 Å². The Morgan fingerprint density at radius 2 is 1.23 bits per heavy atom. The maximum Gasteiger partial charge on any atom is 0.407 e. The van der Waals surface area contributed by atoms with E-state index in [9.17, 15) is 19.2 Å². The number of carbonyl (C=O) groups excluding carboxylic acids is 4. The van der Waals surface area contributed by atoms with E-state index in [-0.39, 0.29) is 41.8 Å². The summed E-state index contributed by atoms with van der Waals surface area (Å²) in [7, 11) is 2.60. The van der Waals surface area contributed by atoms with Crippen LogP contribution in [0.25, 0.3) is 42.9 Å². The first-order valence-corrected chi connectivity index (χ1v) is 23.1. The van der Waals surface area contributed by atoms with Crippen LogP contribution in [0.4, 0.5) is 9.59 Å². The van der Waals surface area contributed by atoms with Crippen LogP contribution in [0.3, 0.4) is 0 Å². The van der Waals surface area contributed by atoms with Gasteiger partial charge in [0.1, 0.15) is 17.9 Å². The fourth-order valence-electron chi connectivity index (χ4n) is 8.86. The van der Waals surface area contributed by atoms with E-state index in [2.05, 4.69) is 85.4 Å². The first-order chi connectivity index (χ1) is 29.9. The zero-order chi connectivity index (χ0) is 43.7. The Balaban J connectivity index is 0.911. The lowest BCUT2D eigenvalue weighted by atomic mass is 10.0. The number of likely N-dealkylation sites (tertiary alicyclic amines) is 2. The molecule has 0 radical (unpaired) electrons. The first-order valence-electron chi connectivity index (χ1n) is 21.3. The van der Waals surface area contributed by atoms with Crippen LogP contribution in [0.2, 0.25) is 0 Å². The van der Waals surface area contributed by atoms with Gasteiger partial charge in [0.15, 0.2) is 0 Å². The third-order valence-corrected chi connectivity index (χ3v) is 14.4. The standard InChI is InChI=1S/C46H54N8O6S2/c1-25(2)38(49-45(57)59-5)43(55)53-19-7-9-36(53)34-21-33(51-52-34)29-15-11-27(12-16-29)31-23-61-41-32(24-62-40(31)41)28-13-17-30(18-14-28)35-22-47-42(48-35)37-10-8-20-54(37)44(56)39(26(3)4)50-46(58)60-6/h11-18,21,23-26,35-39H,7-10,19-20,22H2,1-6H3,(H,47,48)(H,49,57)(H,50,58)(H,51,52)/t35?,36?,37?,38-,39-/m0/s1. The molecule has 62 heavy (non-hydrogen) atoms. The van der Waals surface area contributed by atoms with Gasteiger partial charge in [-0.1, -0.05) is 76.2 Å². The van der Waals surface area contributed by atoms with Crippen molar-refractivity contribution >= 4 is 61.9 Å². The number of thiophene rings is 2. The monoisotopic (exact) mass is 878 g/mol. The number of nitrogens with zero attached hydrogens (tertiary/aromatic N) is 4. The molecule has 3 aliphatic rings. The fourth-order valence-corrected chi connectivity index (χ4v) is 11.3. The summed E-state index contributed by atoms with van der Waals surface area (Å²) in [6.45, 7) is 9.49. The second-order valence-corrected chi connectivity index (χ2v) is 18.6. The van der Waals surface area contributed by atoms with Crippen LogP contribution in [-0.2, 0) is 19.1 Å².